The topological polar surface area (TPSA) is 53.1 Å². The van der Waals surface area contributed by atoms with Gasteiger partial charge in [-0.1, -0.05) is 6.07 Å². The Balaban J connectivity index is 2.08. The lowest BCUT2D eigenvalue weighted by Crippen LogP contribution is -2.32. The molecule has 0 heterocycles. The van der Waals surface area contributed by atoms with Crippen molar-refractivity contribution in [2.45, 2.75) is 26.2 Å². The molecule has 1 saturated carbocycles. The Morgan fingerprint density at radius 1 is 1.50 bits per heavy atom. The van der Waals surface area contributed by atoms with Crippen LogP contribution in [0.2, 0.25) is 0 Å². The van der Waals surface area contributed by atoms with Crippen LogP contribution in [0, 0.1) is 16.6 Å². The number of benzene rings is 1. The van der Waals surface area contributed by atoms with Crippen LogP contribution in [0.5, 0.6) is 0 Å². The van der Waals surface area contributed by atoms with Crippen molar-refractivity contribution in [2.24, 2.45) is 11.1 Å². The average Bonchev–Trinajstić information content (AvgIpc) is 3.05. The van der Waals surface area contributed by atoms with E-state index in [0.29, 0.717) is 6.42 Å². The number of nitrogens with two attached hydrogens (primary N) is 1. The van der Waals surface area contributed by atoms with E-state index in [1.54, 1.807) is 12.1 Å². The molecule has 0 radical (unpaired) electrons. The van der Waals surface area contributed by atoms with Crippen LogP contribution in [0.15, 0.2) is 24.3 Å². The predicted molar refractivity (Wildman–Crippen MR) is 72.5 cm³/mol. The molecule has 0 spiro atoms. The molecular weight excluding hydrogens is 229 g/mol. The van der Waals surface area contributed by atoms with E-state index >= 15 is 0 Å². The number of anilines is 1. The van der Waals surface area contributed by atoms with Gasteiger partial charge in [-0.3, -0.25) is 5.41 Å². The molecule has 0 aliphatic heterocycles. The standard InChI is InChI=1S/C14H20FN3/c1-2-18(12-5-3-4-11(15)8-12)10-14(6-7-14)9-13(16)17/h3-5,8H,2,6-7,9-10H2,1H3,(H3,16,17). The molecule has 0 aromatic heterocycles. The lowest BCUT2D eigenvalue weighted by atomic mass is 10.0. The highest BCUT2D eigenvalue weighted by atomic mass is 19.1. The Morgan fingerprint density at radius 2 is 2.22 bits per heavy atom. The van der Waals surface area contributed by atoms with Crippen LogP contribution in [0.1, 0.15) is 26.2 Å². The quantitative estimate of drug-likeness (QED) is 0.601. The molecule has 98 valence electrons. The van der Waals surface area contributed by atoms with Gasteiger partial charge in [0, 0.05) is 25.2 Å². The van der Waals surface area contributed by atoms with Gasteiger partial charge in [-0.25, -0.2) is 4.39 Å². The van der Waals surface area contributed by atoms with Gasteiger partial charge in [0.2, 0.25) is 0 Å². The molecule has 3 nitrogen and oxygen atoms in total. The van der Waals surface area contributed by atoms with E-state index < -0.39 is 0 Å². The Bertz CT molecular complexity index is 440. The summed E-state index contributed by atoms with van der Waals surface area (Å²) in [6.45, 7) is 3.75. The van der Waals surface area contributed by atoms with Crippen molar-refractivity contribution >= 4 is 11.5 Å². The Morgan fingerprint density at radius 3 is 2.72 bits per heavy atom. The minimum absolute atomic E-state index is 0.147. The van der Waals surface area contributed by atoms with E-state index in [1.807, 2.05) is 6.07 Å². The number of hydrogen-bond donors (Lipinski definition) is 2. The Labute approximate surface area is 107 Å². The first-order chi connectivity index (χ1) is 8.54. The first-order valence-corrected chi connectivity index (χ1v) is 6.38. The van der Waals surface area contributed by atoms with Crippen LogP contribution < -0.4 is 10.6 Å². The maximum absolute atomic E-state index is 13.2. The number of nitrogens with zero attached hydrogens (tertiary/aromatic N) is 1. The van der Waals surface area contributed by atoms with Crippen molar-refractivity contribution in [1.29, 1.82) is 5.41 Å². The highest BCUT2D eigenvalue weighted by Gasteiger charge is 2.44. The lowest BCUT2D eigenvalue weighted by Gasteiger charge is -2.28. The number of amidine groups is 1. The Kier molecular flexibility index (Phi) is 3.55. The van der Waals surface area contributed by atoms with Crippen LogP contribution in [0.4, 0.5) is 10.1 Å². The van der Waals surface area contributed by atoms with E-state index in [0.717, 1.165) is 31.6 Å². The summed E-state index contributed by atoms with van der Waals surface area (Å²) in [5.74, 6) is 0.0464. The number of nitrogens with one attached hydrogen (secondary N) is 1. The molecule has 0 unspecified atom stereocenters. The molecule has 1 aromatic rings. The zero-order valence-electron chi connectivity index (χ0n) is 10.7. The van der Waals surface area contributed by atoms with Gasteiger partial charge in [-0.05, 0) is 43.4 Å². The largest absolute Gasteiger partial charge is 0.388 e. The van der Waals surface area contributed by atoms with E-state index in [4.69, 9.17) is 11.1 Å². The summed E-state index contributed by atoms with van der Waals surface area (Å²) < 4.78 is 13.2. The molecule has 2 rings (SSSR count). The summed E-state index contributed by atoms with van der Waals surface area (Å²) in [6.07, 6.45) is 2.87. The molecule has 1 fully saturated rings. The van der Waals surface area contributed by atoms with Gasteiger partial charge in [0.05, 0.1) is 5.84 Å². The normalized spacial score (nSPS) is 16.3. The highest BCUT2D eigenvalue weighted by Crippen LogP contribution is 2.49. The van der Waals surface area contributed by atoms with E-state index in [-0.39, 0.29) is 17.1 Å². The first kappa shape index (κ1) is 12.9. The highest BCUT2D eigenvalue weighted by molar-refractivity contribution is 5.78. The summed E-state index contributed by atoms with van der Waals surface area (Å²) >= 11 is 0. The summed E-state index contributed by atoms with van der Waals surface area (Å²) in [6, 6.07) is 6.68. The van der Waals surface area contributed by atoms with Crippen molar-refractivity contribution in [2.75, 3.05) is 18.0 Å². The molecule has 1 aliphatic rings. The monoisotopic (exact) mass is 249 g/mol. The SMILES string of the molecule is CCN(CC1(CC(=N)N)CC1)c1cccc(F)c1. The van der Waals surface area contributed by atoms with Crippen molar-refractivity contribution in [3.05, 3.63) is 30.1 Å². The average molecular weight is 249 g/mol. The Hall–Kier alpha value is -1.58. The van der Waals surface area contributed by atoms with Crippen molar-refractivity contribution in [3.8, 4) is 0 Å². The minimum atomic E-state index is -0.206. The van der Waals surface area contributed by atoms with Crippen LogP contribution in [0.3, 0.4) is 0 Å². The van der Waals surface area contributed by atoms with Gasteiger partial charge in [-0.15, -0.1) is 0 Å². The molecule has 3 N–H and O–H groups in total. The summed E-state index contributed by atoms with van der Waals surface area (Å²) in [5.41, 5.74) is 6.56. The van der Waals surface area contributed by atoms with Gasteiger partial charge in [0.1, 0.15) is 5.82 Å². The van der Waals surface area contributed by atoms with Crippen molar-refractivity contribution in [1.82, 2.24) is 0 Å². The summed E-state index contributed by atoms with van der Waals surface area (Å²) in [5, 5.41) is 7.43. The zero-order valence-corrected chi connectivity index (χ0v) is 10.7. The van der Waals surface area contributed by atoms with Gasteiger partial charge in [0.15, 0.2) is 0 Å². The lowest BCUT2D eigenvalue weighted by molar-refractivity contribution is 0.517. The smallest absolute Gasteiger partial charge is 0.125 e. The van der Waals surface area contributed by atoms with Gasteiger partial charge < -0.3 is 10.6 Å². The van der Waals surface area contributed by atoms with Crippen LogP contribution in [-0.4, -0.2) is 18.9 Å². The van der Waals surface area contributed by atoms with E-state index in [9.17, 15) is 4.39 Å². The number of rotatable bonds is 6. The molecule has 0 bridgehead atoms. The third-order valence-electron chi connectivity index (χ3n) is 3.60. The number of hydrogen-bond acceptors (Lipinski definition) is 2. The first-order valence-electron chi connectivity index (χ1n) is 6.38. The van der Waals surface area contributed by atoms with Crippen molar-refractivity contribution in [3.63, 3.8) is 0 Å². The minimum Gasteiger partial charge on any atom is -0.388 e. The molecule has 4 heteroatoms. The third-order valence-corrected chi connectivity index (χ3v) is 3.60. The van der Waals surface area contributed by atoms with E-state index in [2.05, 4.69) is 11.8 Å². The second kappa shape index (κ2) is 4.96. The second-order valence-corrected chi connectivity index (χ2v) is 5.20. The second-order valence-electron chi connectivity index (χ2n) is 5.20. The molecular formula is C14H20FN3. The molecule has 0 saturated heterocycles. The van der Waals surface area contributed by atoms with E-state index in [1.165, 1.54) is 6.07 Å². The zero-order chi connectivity index (χ0) is 13.2. The fourth-order valence-electron chi connectivity index (χ4n) is 2.43. The molecule has 1 aliphatic carbocycles. The molecule has 18 heavy (non-hydrogen) atoms. The van der Waals surface area contributed by atoms with Crippen LogP contribution in [-0.2, 0) is 0 Å². The third kappa shape index (κ3) is 3.00. The van der Waals surface area contributed by atoms with Crippen LogP contribution >= 0.6 is 0 Å². The fourth-order valence-corrected chi connectivity index (χ4v) is 2.43. The summed E-state index contributed by atoms with van der Waals surface area (Å²) in [7, 11) is 0. The molecule has 0 amide bonds. The predicted octanol–water partition coefficient (Wildman–Crippen LogP) is 2.76. The number of halogens is 1. The summed E-state index contributed by atoms with van der Waals surface area (Å²) in [4.78, 5) is 2.17. The van der Waals surface area contributed by atoms with Crippen LogP contribution in [0.25, 0.3) is 0 Å². The maximum atomic E-state index is 13.2. The van der Waals surface area contributed by atoms with Crippen molar-refractivity contribution < 1.29 is 4.39 Å². The molecule has 0 atom stereocenters. The van der Waals surface area contributed by atoms with Gasteiger partial charge in [0.25, 0.3) is 0 Å². The van der Waals surface area contributed by atoms with Gasteiger partial charge in [-0.2, -0.15) is 0 Å². The van der Waals surface area contributed by atoms with Gasteiger partial charge >= 0.3 is 0 Å². The molecule has 1 aromatic carbocycles. The maximum Gasteiger partial charge on any atom is 0.125 e. The fraction of sp³-hybridized carbons (Fsp3) is 0.500.